The molecule has 2 aliphatic heterocycles. The lowest BCUT2D eigenvalue weighted by Gasteiger charge is -2.50. The second-order valence-corrected chi connectivity index (χ2v) is 12.9. The zero-order valence-electron chi connectivity index (χ0n) is 29.5. The number of benzene rings is 2. The van der Waals surface area contributed by atoms with Crippen molar-refractivity contribution < 1.29 is 47.4 Å². The zero-order chi connectivity index (χ0) is 33.8. The van der Waals surface area contributed by atoms with E-state index in [4.69, 9.17) is 47.4 Å². The summed E-state index contributed by atoms with van der Waals surface area (Å²) in [4.78, 5) is 0. The van der Waals surface area contributed by atoms with Crippen LogP contribution in [0.2, 0.25) is 0 Å². The fraction of sp³-hybridized carbons (Fsp3) is 0.676. The molecule has 0 saturated carbocycles. The topological polar surface area (TPSA) is 92.3 Å². The van der Waals surface area contributed by atoms with Crippen molar-refractivity contribution in [2.45, 2.75) is 109 Å². The Hall–Kier alpha value is -2.28. The molecule has 0 amide bonds. The van der Waals surface area contributed by atoms with Crippen LogP contribution in [0.5, 0.6) is 11.5 Å². The third kappa shape index (κ3) is 10.1. The Balaban J connectivity index is 1.44. The van der Waals surface area contributed by atoms with E-state index in [-0.39, 0.29) is 42.0 Å². The summed E-state index contributed by atoms with van der Waals surface area (Å²) < 4.78 is 60.3. The number of rotatable bonds is 18. The summed E-state index contributed by atoms with van der Waals surface area (Å²) >= 11 is 0. The van der Waals surface area contributed by atoms with Crippen molar-refractivity contribution in [3.8, 4) is 11.5 Å². The first-order chi connectivity index (χ1) is 22.8. The maximum atomic E-state index is 6.86. The Morgan fingerprint density at radius 3 is 1.98 bits per heavy atom. The van der Waals surface area contributed by atoms with Crippen LogP contribution in [0.4, 0.5) is 0 Å². The van der Waals surface area contributed by atoms with Gasteiger partial charge in [-0.15, -0.1) is 0 Å². The Labute approximate surface area is 281 Å². The lowest BCUT2D eigenvalue weighted by molar-refractivity contribution is -0.319. The molecule has 0 aliphatic carbocycles. The third-order valence-corrected chi connectivity index (χ3v) is 9.60. The second kappa shape index (κ2) is 18.5. The van der Waals surface area contributed by atoms with E-state index in [2.05, 4.69) is 20.8 Å². The molecule has 0 unspecified atom stereocenters. The standard InChI is InChI=1S/C37H56O10/c1-9-27(44-23-26-12-16-29(39-5)17-13-26)20-30-21-33(47-36-35(42-8)34(41-7)31(40-6)24-45-36)37(2,3)32(46-30)18-19-43-22-25-10-14-28(38-4)15-11-25/h10-17,27,30-36H,9,18-24H2,1-8H3/t27-,30-,31-,32+,33+,34+,35-,36-/m1/s1. The van der Waals surface area contributed by atoms with E-state index in [1.807, 2.05) is 48.5 Å². The van der Waals surface area contributed by atoms with Gasteiger partial charge in [0.15, 0.2) is 6.29 Å². The van der Waals surface area contributed by atoms with E-state index in [0.717, 1.165) is 35.5 Å². The van der Waals surface area contributed by atoms with Crippen LogP contribution in [-0.4, -0.2) is 97.8 Å². The fourth-order valence-corrected chi connectivity index (χ4v) is 6.48. The fourth-order valence-electron chi connectivity index (χ4n) is 6.48. The Kier molecular flexibility index (Phi) is 14.8. The molecule has 264 valence electrons. The molecule has 2 aromatic rings. The van der Waals surface area contributed by atoms with Gasteiger partial charge in [-0.2, -0.15) is 0 Å². The molecule has 10 heteroatoms. The van der Waals surface area contributed by atoms with Gasteiger partial charge in [-0.3, -0.25) is 0 Å². The van der Waals surface area contributed by atoms with E-state index >= 15 is 0 Å². The third-order valence-electron chi connectivity index (χ3n) is 9.60. The monoisotopic (exact) mass is 660 g/mol. The van der Waals surface area contributed by atoms with Gasteiger partial charge >= 0.3 is 0 Å². The summed E-state index contributed by atoms with van der Waals surface area (Å²) in [6, 6.07) is 15.9. The quantitative estimate of drug-likeness (QED) is 0.178. The summed E-state index contributed by atoms with van der Waals surface area (Å²) in [5.41, 5.74) is 1.86. The molecule has 0 bridgehead atoms. The smallest absolute Gasteiger partial charge is 0.186 e. The highest BCUT2D eigenvalue weighted by Crippen LogP contribution is 2.43. The van der Waals surface area contributed by atoms with Gasteiger partial charge < -0.3 is 47.4 Å². The predicted molar refractivity (Wildman–Crippen MR) is 178 cm³/mol. The summed E-state index contributed by atoms with van der Waals surface area (Å²) in [6.45, 7) is 8.50. The summed E-state index contributed by atoms with van der Waals surface area (Å²) in [6.07, 6.45) is 1.06. The van der Waals surface area contributed by atoms with E-state index in [1.54, 1.807) is 35.5 Å². The summed E-state index contributed by atoms with van der Waals surface area (Å²) in [5.74, 6) is 1.66. The average Bonchev–Trinajstić information content (AvgIpc) is 3.10. The van der Waals surface area contributed by atoms with Gasteiger partial charge in [0.25, 0.3) is 0 Å². The molecule has 0 radical (unpaired) electrons. The number of hydrogen-bond acceptors (Lipinski definition) is 10. The zero-order valence-corrected chi connectivity index (χ0v) is 29.5. The van der Waals surface area contributed by atoms with Crippen molar-refractivity contribution in [2.24, 2.45) is 5.41 Å². The maximum absolute atomic E-state index is 6.86. The largest absolute Gasteiger partial charge is 0.497 e. The minimum Gasteiger partial charge on any atom is -0.497 e. The van der Waals surface area contributed by atoms with Gasteiger partial charge in [-0.25, -0.2) is 0 Å². The van der Waals surface area contributed by atoms with Crippen molar-refractivity contribution in [2.75, 3.05) is 48.8 Å². The van der Waals surface area contributed by atoms with Crippen LogP contribution >= 0.6 is 0 Å². The molecule has 47 heavy (non-hydrogen) atoms. The van der Waals surface area contributed by atoms with Crippen LogP contribution in [0.25, 0.3) is 0 Å². The molecule has 2 aromatic carbocycles. The first-order valence-electron chi connectivity index (χ1n) is 16.7. The Morgan fingerprint density at radius 2 is 1.43 bits per heavy atom. The van der Waals surface area contributed by atoms with E-state index < -0.39 is 12.4 Å². The minimum absolute atomic E-state index is 0.0222. The van der Waals surface area contributed by atoms with Crippen LogP contribution < -0.4 is 9.47 Å². The van der Waals surface area contributed by atoms with E-state index in [0.29, 0.717) is 39.3 Å². The molecule has 2 fully saturated rings. The van der Waals surface area contributed by atoms with Gasteiger partial charge in [0.2, 0.25) is 0 Å². The number of hydrogen-bond donors (Lipinski definition) is 0. The normalized spacial score (nSPS) is 28.1. The van der Waals surface area contributed by atoms with Crippen LogP contribution in [0.3, 0.4) is 0 Å². The highest BCUT2D eigenvalue weighted by Gasteiger charge is 2.50. The van der Waals surface area contributed by atoms with Crippen molar-refractivity contribution in [3.05, 3.63) is 59.7 Å². The van der Waals surface area contributed by atoms with E-state index in [1.165, 1.54) is 0 Å². The number of ether oxygens (including phenoxy) is 10. The van der Waals surface area contributed by atoms with Gasteiger partial charge in [0.05, 0.1) is 58.5 Å². The summed E-state index contributed by atoms with van der Waals surface area (Å²) in [7, 11) is 8.31. The first-order valence-corrected chi connectivity index (χ1v) is 16.7. The minimum atomic E-state index is -0.611. The Morgan fingerprint density at radius 1 is 0.809 bits per heavy atom. The van der Waals surface area contributed by atoms with Gasteiger partial charge in [-0.05, 0) is 54.7 Å². The highest BCUT2D eigenvalue weighted by molar-refractivity contribution is 5.27. The van der Waals surface area contributed by atoms with Crippen molar-refractivity contribution in [3.63, 3.8) is 0 Å². The van der Waals surface area contributed by atoms with Crippen LogP contribution in [0.1, 0.15) is 57.6 Å². The average molecular weight is 661 g/mol. The van der Waals surface area contributed by atoms with Crippen molar-refractivity contribution in [1.29, 1.82) is 0 Å². The highest BCUT2D eigenvalue weighted by atomic mass is 16.7. The SMILES string of the molecule is CC[C@H](C[C@@H]1C[C@H](O[C@H]2OC[C@@H](OC)[C@H](OC)[C@H]2OC)C(C)(C)[C@H](CCOCc2ccc(OC)cc2)O1)OCc1ccc(OC)cc1. The number of methoxy groups -OCH3 is 5. The molecule has 2 aliphatic rings. The van der Waals surface area contributed by atoms with Gasteiger partial charge in [-0.1, -0.05) is 45.0 Å². The van der Waals surface area contributed by atoms with Crippen molar-refractivity contribution >= 4 is 0 Å². The molecule has 0 N–H and O–H groups in total. The molecule has 10 nitrogen and oxygen atoms in total. The second-order valence-electron chi connectivity index (χ2n) is 12.9. The molecule has 2 heterocycles. The molecule has 8 atom stereocenters. The van der Waals surface area contributed by atoms with Gasteiger partial charge in [0, 0.05) is 39.8 Å². The maximum Gasteiger partial charge on any atom is 0.186 e. The molecular formula is C37H56O10. The van der Waals surface area contributed by atoms with Crippen molar-refractivity contribution in [1.82, 2.24) is 0 Å². The molecule has 0 aromatic heterocycles. The van der Waals surface area contributed by atoms with Crippen LogP contribution in [0.15, 0.2) is 48.5 Å². The summed E-state index contributed by atoms with van der Waals surface area (Å²) in [5, 5.41) is 0. The molecular weight excluding hydrogens is 604 g/mol. The molecule has 2 saturated heterocycles. The lowest BCUT2D eigenvalue weighted by Crippen LogP contribution is -2.59. The van der Waals surface area contributed by atoms with Crippen LogP contribution in [-0.2, 0) is 51.1 Å². The Bertz CT molecular complexity index is 1160. The first kappa shape index (κ1) is 37.5. The lowest BCUT2D eigenvalue weighted by atomic mass is 9.74. The molecule has 4 rings (SSSR count). The predicted octanol–water partition coefficient (Wildman–Crippen LogP) is 5.97. The van der Waals surface area contributed by atoms with Gasteiger partial charge in [0.1, 0.15) is 29.8 Å². The van der Waals surface area contributed by atoms with Crippen LogP contribution in [0, 0.1) is 5.41 Å². The molecule has 0 spiro atoms. The van der Waals surface area contributed by atoms with E-state index in [9.17, 15) is 0 Å².